The van der Waals surface area contributed by atoms with Gasteiger partial charge in [-0.15, -0.1) is 10.2 Å². The molecule has 0 spiro atoms. The molecule has 0 N–H and O–H groups in total. The average molecular weight is 482 g/mol. The summed E-state index contributed by atoms with van der Waals surface area (Å²) in [5, 5.41) is 13.8. The molecule has 0 amide bonds. The van der Waals surface area contributed by atoms with Crippen molar-refractivity contribution >= 4 is 11.8 Å². The van der Waals surface area contributed by atoms with Crippen LogP contribution >= 0.6 is 11.8 Å². The minimum Gasteiger partial charge on any atom is -0.493 e. The minimum absolute atomic E-state index is 0.479. The second-order valence-corrected chi connectivity index (χ2v) is 8.43. The zero-order chi connectivity index (χ0) is 23.9. The minimum atomic E-state index is 0.479. The molecule has 0 bridgehead atoms. The van der Waals surface area contributed by atoms with Gasteiger partial charge in [0.15, 0.2) is 22.5 Å². The predicted octanol–water partition coefficient (Wildman–Crippen LogP) is 4.65. The summed E-state index contributed by atoms with van der Waals surface area (Å²) in [5.74, 6) is 3.63. The fourth-order valence-corrected chi connectivity index (χ4v) is 4.33. The summed E-state index contributed by atoms with van der Waals surface area (Å²) in [6, 6.07) is 13.7. The first kappa shape index (κ1) is 23.8. The fourth-order valence-electron chi connectivity index (χ4n) is 3.53. The lowest BCUT2D eigenvalue weighted by atomic mass is 10.1. The summed E-state index contributed by atoms with van der Waals surface area (Å²) in [6.45, 7) is 3.36. The monoisotopic (exact) mass is 481 g/mol. The van der Waals surface area contributed by atoms with Crippen molar-refractivity contribution < 1.29 is 18.7 Å². The van der Waals surface area contributed by atoms with E-state index >= 15 is 0 Å². The van der Waals surface area contributed by atoms with E-state index in [-0.39, 0.29) is 0 Å². The molecule has 9 nitrogen and oxygen atoms in total. The van der Waals surface area contributed by atoms with Crippen molar-refractivity contribution in [3.8, 4) is 34.3 Å². The van der Waals surface area contributed by atoms with Gasteiger partial charge in [-0.3, -0.25) is 0 Å². The van der Waals surface area contributed by atoms with Crippen LogP contribution in [0.5, 0.6) is 11.5 Å². The quantitative estimate of drug-likeness (QED) is 0.224. The van der Waals surface area contributed by atoms with E-state index in [1.165, 1.54) is 11.8 Å². The lowest BCUT2D eigenvalue weighted by molar-refractivity contribution is 0.189. The van der Waals surface area contributed by atoms with Crippen molar-refractivity contribution in [1.82, 2.24) is 24.9 Å². The topological polar surface area (TPSA) is 97.3 Å². The lowest BCUT2D eigenvalue weighted by Crippen LogP contribution is -2.05. The molecule has 0 aliphatic carbocycles. The van der Waals surface area contributed by atoms with E-state index in [0.717, 1.165) is 34.1 Å². The first-order valence-corrected chi connectivity index (χ1v) is 11.8. The highest BCUT2D eigenvalue weighted by molar-refractivity contribution is 7.98. The summed E-state index contributed by atoms with van der Waals surface area (Å²) in [5.41, 5.74) is 2.94. The molecule has 0 saturated carbocycles. The van der Waals surface area contributed by atoms with Gasteiger partial charge in [0, 0.05) is 31.4 Å². The van der Waals surface area contributed by atoms with Crippen LogP contribution in [0.3, 0.4) is 0 Å². The zero-order valence-corrected chi connectivity index (χ0v) is 20.5. The molecule has 10 heteroatoms. The molecular formula is C24H27N5O4S. The Bertz CT molecular complexity index is 1240. The maximum Gasteiger partial charge on any atom is 0.237 e. The Hall–Kier alpha value is -3.37. The molecule has 2 aromatic carbocycles. The molecule has 0 unspecified atom stereocenters. The first-order valence-electron chi connectivity index (χ1n) is 10.8. The van der Waals surface area contributed by atoms with Crippen LogP contribution in [0.2, 0.25) is 0 Å². The first-order chi connectivity index (χ1) is 16.6. The van der Waals surface area contributed by atoms with Crippen molar-refractivity contribution in [2.24, 2.45) is 0 Å². The highest BCUT2D eigenvalue weighted by Crippen LogP contribution is 2.33. The van der Waals surface area contributed by atoms with Crippen LogP contribution in [0.1, 0.15) is 17.9 Å². The van der Waals surface area contributed by atoms with Crippen LogP contribution in [0.15, 0.2) is 52.1 Å². The van der Waals surface area contributed by atoms with Gasteiger partial charge in [-0.05, 0) is 37.1 Å². The molecule has 0 atom stereocenters. The van der Waals surface area contributed by atoms with Crippen LogP contribution in [0, 0.1) is 6.92 Å². The van der Waals surface area contributed by atoms with Crippen molar-refractivity contribution in [2.75, 3.05) is 27.9 Å². The van der Waals surface area contributed by atoms with Gasteiger partial charge in [0.25, 0.3) is 0 Å². The maximum atomic E-state index is 5.49. The second kappa shape index (κ2) is 11.2. The molecule has 2 heterocycles. The summed E-state index contributed by atoms with van der Waals surface area (Å²) in [7, 11) is 4.92. The van der Waals surface area contributed by atoms with Crippen LogP contribution in [-0.4, -0.2) is 52.8 Å². The Kier molecular flexibility index (Phi) is 7.81. The number of hydrogen-bond donors (Lipinski definition) is 0. The Morgan fingerprint density at radius 2 is 1.82 bits per heavy atom. The van der Waals surface area contributed by atoms with Crippen LogP contribution in [0.25, 0.3) is 22.8 Å². The number of benzene rings is 2. The van der Waals surface area contributed by atoms with Gasteiger partial charge in [0.05, 0.1) is 20.0 Å². The predicted molar refractivity (Wildman–Crippen MR) is 129 cm³/mol. The van der Waals surface area contributed by atoms with Crippen molar-refractivity contribution in [2.45, 2.75) is 30.8 Å². The van der Waals surface area contributed by atoms with Crippen molar-refractivity contribution in [1.29, 1.82) is 0 Å². The third-order valence-corrected chi connectivity index (χ3v) is 6.22. The Morgan fingerprint density at radius 3 is 2.59 bits per heavy atom. The summed E-state index contributed by atoms with van der Waals surface area (Å²) in [4.78, 5) is 4.56. The second-order valence-electron chi connectivity index (χ2n) is 7.49. The van der Waals surface area contributed by atoms with Gasteiger partial charge in [-0.2, -0.15) is 4.98 Å². The van der Waals surface area contributed by atoms with Crippen molar-refractivity contribution in [3.05, 3.63) is 53.9 Å². The average Bonchev–Trinajstić information content (AvgIpc) is 3.50. The van der Waals surface area contributed by atoms with Gasteiger partial charge in [0.2, 0.25) is 11.7 Å². The number of aryl methyl sites for hydroxylation is 1. The van der Waals surface area contributed by atoms with E-state index in [2.05, 4.69) is 24.9 Å². The van der Waals surface area contributed by atoms with E-state index in [1.807, 2.05) is 49.4 Å². The normalized spacial score (nSPS) is 11.1. The van der Waals surface area contributed by atoms with E-state index < -0.39 is 0 Å². The number of aromatic nitrogens is 5. The lowest BCUT2D eigenvalue weighted by Gasteiger charge is -2.12. The Balaban J connectivity index is 1.56. The molecule has 178 valence electrons. The Morgan fingerprint density at radius 1 is 1.00 bits per heavy atom. The number of hydrogen-bond acceptors (Lipinski definition) is 9. The molecule has 4 aromatic rings. The number of methoxy groups -OCH3 is 3. The van der Waals surface area contributed by atoms with Crippen LogP contribution < -0.4 is 9.47 Å². The summed E-state index contributed by atoms with van der Waals surface area (Å²) >= 11 is 1.50. The van der Waals surface area contributed by atoms with Gasteiger partial charge in [-0.25, -0.2) is 0 Å². The molecule has 4 rings (SSSR count). The van der Waals surface area contributed by atoms with Gasteiger partial charge in [0.1, 0.15) is 0 Å². The fraction of sp³-hybridized carbons (Fsp3) is 0.333. The molecule has 2 aromatic heterocycles. The molecule has 0 aliphatic heterocycles. The standard InChI is InChI=1S/C24H27N5O4S/c1-16-8-5-6-9-18(16)22-25-21(33-28-22)15-34-24-27-26-23(29(24)12-7-13-30-2)17-10-11-19(31-3)20(14-17)32-4/h5-6,8-11,14H,7,12-13,15H2,1-4H3. The van der Waals surface area contributed by atoms with Crippen LogP contribution in [-0.2, 0) is 17.0 Å². The van der Waals surface area contributed by atoms with Crippen LogP contribution in [0.4, 0.5) is 0 Å². The van der Waals surface area contributed by atoms with E-state index in [0.29, 0.717) is 42.1 Å². The number of ether oxygens (including phenoxy) is 3. The molecule has 0 radical (unpaired) electrons. The maximum absolute atomic E-state index is 5.49. The van der Waals surface area contributed by atoms with Gasteiger partial charge in [-0.1, -0.05) is 41.2 Å². The third kappa shape index (κ3) is 5.23. The van der Waals surface area contributed by atoms with E-state index in [1.54, 1.807) is 21.3 Å². The molecule has 0 saturated heterocycles. The molecule has 34 heavy (non-hydrogen) atoms. The Labute approximate surface area is 202 Å². The number of rotatable bonds is 11. The molecule has 0 fully saturated rings. The number of nitrogens with zero attached hydrogens (tertiary/aromatic N) is 5. The molecular weight excluding hydrogens is 454 g/mol. The smallest absolute Gasteiger partial charge is 0.237 e. The van der Waals surface area contributed by atoms with Crippen molar-refractivity contribution in [3.63, 3.8) is 0 Å². The summed E-state index contributed by atoms with van der Waals surface area (Å²) in [6.07, 6.45) is 0.820. The SMILES string of the molecule is COCCCn1c(SCc2nc(-c3ccccc3C)no2)nnc1-c1ccc(OC)c(OC)c1. The highest BCUT2D eigenvalue weighted by atomic mass is 32.2. The third-order valence-electron chi connectivity index (χ3n) is 5.27. The molecule has 0 aliphatic rings. The van der Waals surface area contributed by atoms with Gasteiger partial charge < -0.3 is 23.3 Å². The van der Waals surface area contributed by atoms with E-state index in [4.69, 9.17) is 18.7 Å². The van der Waals surface area contributed by atoms with E-state index in [9.17, 15) is 0 Å². The largest absolute Gasteiger partial charge is 0.493 e. The zero-order valence-electron chi connectivity index (χ0n) is 19.6. The highest BCUT2D eigenvalue weighted by Gasteiger charge is 2.18. The number of thioether (sulfide) groups is 1. The summed E-state index contributed by atoms with van der Waals surface area (Å²) < 4.78 is 23.6. The van der Waals surface area contributed by atoms with Gasteiger partial charge >= 0.3 is 0 Å².